The molecule has 4 nitrogen and oxygen atoms in total. The van der Waals surface area contributed by atoms with Crippen LogP contribution in [0.1, 0.15) is 26.3 Å². The molecule has 2 N–H and O–H groups in total. The van der Waals surface area contributed by atoms with Crippen molar-refractivity contribution < 1.29 is 14.0 Å². The quantitative estimate of drug-likeness (QED) is 0.904. The minimum Gasteiger partial charge on any atom is -0.326 e. The molecule has 0 aliphatic heterocycles. The number of hydrogen-bond acceptors (Lipinski definition) is 2. The lowest BCUT2D eigenvalue weighted by atomic mass is 9.83. The fraction of sp³-hybridized carbons (Fsp3) is 0.222. The van der Waals surface area contributed by atoms with Gasteiger partial charge in [0.25, 0.3) is 0 Å². The van der Waals surface area contributed by atoms with Gasteiger partial charge in [-0.1, -0.05) is 18.2 Å². The van der Waals surface area contributed by atoms with Gasteiger partial charge in [-0.05, 0) is 49.7 Å². The van der Waals surface area contributed by atoms with Crippen LogP contribution in [0.4, 0.5) is 15.8 Å². The van der Waals surface area contributed by atoms with E-state index in [9.17, 15) is 14.0 Å². The lowest BCUT2D eigenvalue weighted by molar-refractivity contribution is -0.120. The number of amides is 2. The molecule has 2 rings (SSSR count). The van der Waals surface area contributed by atoms with Crippen molar-refractivity contribution in [2.24, 2.45) is 0 Å². The summed E-state index contributed by atoms with van der Waals surface area (Å²) in [7, 11) is 0. The number of carbonyl (C=O) groups is 2. The fourth-order valence-corrected chi connectivity index (χ4v) is 2.16. The van der Waals surface area contributed by atoms with Gasteiger partial charge in [0, 0.05) is 18.3 Å². The summed E-state index contributed by atoms with van der Waals surface area (Å²) in [5.41, 5.74) is 1.08. The molecule has 0 aromatic heterocycles. The van der Waals surface area contributed by atoms with Crippen LogP contribution in [0.3, 0.4) is 0 Å². The first-order valence-corrected chi connectivity index (χ1v) is 7.24. The number of hydrogen-bond donors (Lipinski definition) is 2. The Morgan fingerprint density at radius 3 is 2.09 bits per heavy atom. The Morgan fingerprint density at radius 1 is 0.957 bits per heavy atom. The third-order valence-electron chi connectivity index (χ3n) is 3.57. The van der Waals surface area contributed by atoms with E-state index in [1.54, 1.807) is 50.2 Å². The standard InChI is InChI=1S/C18H19FN2O2/c1-12(22)20-15-5-4-6-16(11-15)21-17(23)18(2,3)13-7-9-14(19)10-8-13/h4-11H,1-3H3,(H,20,22)(H,21,23). The molecule has 2 aromatic rings. The number of anilines is 2. The second-order valence-corrected chi connectivity index (χ2v) is 5.85. The van der Waals surface area contributed by atoms with Crippen LogP contribution in [0.25, 0.3) is 0 Å². The van der Waals surface area contributed by atoms with Gasteiger partial charge in [0.1, 0.15) is 5.82 Å². The molecule has 0 spiro atoms. The first-order valence-electron chi connectivity index (χ1n) is 7.24. The van der Waals surface area contributed by atoms with Crippen LogP contribution in [-0.2, 0) is 15.0 Å². The fourth-order valence-electron chi connectivity index (χ4n) is 2.16. The molecule has 0 atom stereocenters. The number of carbonyl (C=O) groups excluding carboxylic acids is 2. The predicted molar refractivity (Wildman–Crippen MR) is 88.8 cm³/mol. The number of halogens is 1. The summed E-state index contributed by atoms with van der Waals surface area (Å²) in [6, 6.07) is 12.8. The molecule has 0 heterocycles. The normalized spacial score (nSPS) is 11.0. The smallest absolute Gasteiger partial charge is 0.234 e. The molecule has 0 saturated heterocycles. The molecule has 5 heteroatoms. The third-order valence-corrected chi connectivity index (χ3v) is 3.57. The predicted octanol–water partition coefficient (Wildman–Crippen LogP) is 3.70. The van der Waals surface area contributed by atoms with E-state index in [1.165, 1.54) is 19.1 Å². The zero-order valence-electron chi connectivity index (χ0n) is 13.3. The van der Waals surface area contributed by atoms with E-state index in [2.05, 4.69) is 10.6 Å². The maximum Gasteiger partial charge on any atom is 0.234 e. The second kappa shape index (κ2) is 6.60. The van der Waals surface area contributed by atoms with Gasteiger partial charge in [0.05, 0.1) is 5.41 Å². The molecule has 120 valence electrons. The van der Waals surface area contributed by atoms with Gasteiger partial charge in [-0.2, -0.15) is 0 Å². The van der Waals surface area contributed by atoms with Crippen molar-refractivity contribution in [1.82, 2.24) is 0 Å². The van der Waals surface area contributed by atoms with Gasteiger partial charge >= 0.3 is 0 Å². The summed E-state index contributed by atoms with van der Waals surface area (Å²) in [5.74, 6) is -0.739. The maximum absolute atomic E-state index is 13.0. The van der Waals surface area contributed by atoms with E-state index >= 15 is 0 Å². The molecule has 0 saturated carbocycles. The lowest BCUT2D eigenvalue weighted by Gasteiger charge is -2.24. The van der Waals surface area contributed by atoms with E-state index in [-0.39, 0.29) is 17.6 Å². The highest BCUT2D eigenvalue weighted by molar-refractivity contribution is 5.99. The Balaban J connectivity index is 2.17. The van der Waals surface area contributed by atoms with E-state index < -0.39 is 5.41 Å². The summed E-state index contributed by atoms with van der Waals surface area (Å²) in [4.78, 5) is 23.7. The first kappa shape index (κ1) is 16.7. The minimum atomic E-state index is -0.822. The highest BCUT2D eigenvalue weighted by atomic mass is 19.1. The molecule has 0 fully saturated rings. The van der Waals surface area contributed by atoms with Crippen LogP contribution >= 0.6 is 0 Å². The highest BCUT2D eigenvalue weighted by Gasteiger charge is 2.29. The van der Waals surface area contributed by atoms with Crippen molar-refractivity contribution in [2.75, 3.05) is 10.6 Å². The average molecular weight is 314 g/mol. The van der Waals surface area contributed by atoms with Crippen molar-refractivity contribution in [1.29, 1.82) is 0 Å². The highest BCUT2D eigenvalue weighted by Crippen LogP contribution is 2.26. The molecule has 0 radical (unpaired) electrons. The van der Waals surface area contributed by atoms with Gasteiger partial charge < -0.3 is 10.6 Å². The molecule has 2 amide bonds. The van der Waals surface area contributed by atoms with Crippen LogP contribution in [0.5, 0.6) is 0 Å². The van der Waals surface area contributed by atoms with Crippen molar-refractivity contribution in [3.05, 3.63) is 59.9 Å². The largest absolute Gasteiger partial charge is 0.326 e. The summed E-state index contributed by atoms with van der Waals surface area (Å²) in [6.07, 6.45) is 0. The molecule has 0 unspecified atom stereocenters. The van der Waals surface area contributed by atoms with Crippen LogP contribution in [0.15, 0.2) is 48.5 Å². The maximum atomic E-state index is 13.0. The Kier molecular flexibility index (Phi) is 4.79. The Hall–Kier alpha value is -2.69. The van der Waals surface area contributed by atoms with Gasteiger partial charge in [0.15, 0.2) is 0 Å². The first-order chi connectivity index (χ1) is 10.8. The zero-order valence-corrected chi connectivity index (χ0v) is 13.3. The second-order valence-electron chi connectivity index (χ2n) is 5.85. The van der Waals surface area contributed by atoms with Crippen LogP contribution in [0, 0.1) is 5.82 Å². The number of nitrogens with one attached hydrogen (secondary N) is 2. The van der Waals surface area contributed by atoms with E-state index in [0.29, 0.717) is 11.4 Å². The Morgan fingerprint density at radius 2 is 1.52 bits per heavy atom. The Bertz CT molecular complexity index is 724. The summed E-state index contributed by atoms with van der Waals surface area (Å²) < 4.78 is 13.0. The summed E-state index contributed by atoms with van der Waals surface area (Å²) >= 11 is 0. The van der Waals surface area contributed by atoms with Crippen molar-refractivity contribution >= 4 is 23.2 Å². The average Bonchev–Trinajstić information content (AvgIpc) is 2.47. The van der Waals surface area contributed by atoms with E-state index in [1.807, 2.05) is 0 Å². The van der Waals surface area contributed by atoms with Crippen molar-refractivity contribution in [3.8, 4) is 0 Å². The van der Waals surface area contributed by atoms with Gasteiger partial charge in [0.2, 0.25) is 11.8 Å². The zero-order chi connectivity index (χ0) is 17.0. The summed E-state index contributed by atoms with van der Waals surface area (Å²) in [5, 5.41) is 5.49. The number of benzene rings is 2. The molecular weight excluding hydrogens is 295 g/mol. The molecule has 0 aliphatic rings. The van der Waals surface area contributed by atoms with Gasteiger partial charge in [-0.25, -0.2) is 4.39 Å². The molecule has 0 bridgehead atoms. The third kappa shape index (κ3) is 4.16. The molecule has 0 aliphatic carbocycles. The van der Waals surface area contributed by atoms with E-state index in [0.717, 1.165) is 5.56 Å². The monoisotopic (exact) mass is 314 g/mol. The minimum absolute atomic E-state index is 0.180. The van der Waals surface area contributed by atoms with Crippen LogP contribution < -0.4 is 10.6 Å². The lowest BCUT2D eigenvalue weighted by Crippen LogP contribution is -2.34. The van der Waals surface area contributed by atoms with Crippen molar-refractivity contribution in [3.63, 3.8) is 0 Å². The SMILES string of the molecule is CC(=O)Nc1cccc(NC(=O)C(C)(C)c2ccc(F)cc2)c1. The topological polar surface area (TPSA) is 58.2 Å². The Labute approximate surface area is 134 Å². The number of rotatable bonds is 4. The van der Waals surface area contributed by atoms with Gasteiger partial charge in [-0.15, -0.1) is 0 Å². The molecule has 23 heavy (non-hydrogen) atoms. The van der Waals surface area contributed by atoms with Crippen LogP contribution in [0.2, 0.25) is 0 Å². The molecule has 2 aromatic carbocycles. The van der Waals surface area contributed by atoms with Crippen molar-refractivity contribution in [2.45, 2.75) is 26.2 Å². The van der Waals surface area contributed by atoms with Crippen LogP contribution in [-0.4, -0.2) is 11.8 Å². The van der Waals surface area contributed by atoms with Gasteiger partial charge in [-0.3, -0.25) is 9.59 Å². The summed E-state index contributed by atoms with van der Waals surface area (Å²) in [6.45, 7) is 4.96. The van der Waals surface area contributed by atoms with E-state index in [4.69, 9.17) is 0 Å². The molecular formula is C18H19FN2O2.